The summed E-state index contributed by atoms with van der Waals surface area (Å²) in [5.74, 6) is 1.49. The van der Waals surface area contributed by atoms with Gasteiger partial charge < -0.3 is 10.1 Å². The number of benzene rings is 1. The van der Waals surface area contributed by atoms with Crippen molar-refractivity contribution in [3.63, 3.8) is 0 Å². The van der Waals surface area contributed by atoms with Crippen LogP contribution in [0, 0.1) is 5.92 Å². The van der Waals surface area contributed by atoms with Gasteiger partial charge in [0.25, 0.3) is 0 Å². The van der Waals surface area contributed by atoms with E-state index in [1.807, 2.05) is 12.1 Å². The summed E-state index contributed by atoms with van der Waals surface area (Å²) in [7, 11) is 1.67. The molecule has 1 aromatic rings. The topological polar surface area (TPSA) is 41.6 Å². The predicted octanol–water partition coefficient (Wildman–Crippen LogP) is 2.43. The zero-order valence-corrected chi connectivity index (χ0v) is 13.3. The second-order valence-electron chi connectivity index (χ2n) is 6.18. The first-order valence-electron chi connectivity index (χ1n) is 7.72. The second-order valence-corrected chi connectivity index (χ2v) is 6.18. The molecule has 0 aliphatic heterocycles. The summed E-state index contributed by atoms with van der Waals surface area (Å²) in [5.41, 5.74) is 1.22. The summed E-state index contributed by atoms with van der Waals surface area (Å²) in [6.07, 6.45) is 2.40. The Morgan fingerprint density at radius 2 is 2.00 bits per heavy atom. The molecule has 116 valence electrons. The van der Waals surface area contributed by atoms with Crippen molar-refractivity contribution in [1.29, 1.82) is 0 Å². The van der Waals surface area contributed by atoms with Crippen LogP contribution >= 0.6 is 0 Å². The quantitative estimate of drug-likeness (QED) is 0.799. The normalized spacial score (nSPS) is 14.5. The first kappa shape index (κ1) is 15.8. The molecule has 1 saturated carbocycles. The van der Waals surface area contributed by atoms with Crippen molar-refractivity contribution in [2.45, 2.75) is 39.3 Å². The van der Waals surface area contributed by atoms with Gasteiger partial charge in [0.1, 0.15) is 5.75 Å². The fraction of sp³-hybridized carbons (Fsp3) is 0.588. The SMILES string of the molecule is COc1ccc(CN(CC(=O)NCC(C)C)C2CC2)cc1. The molecule has 0 atom stereocenters. The van der Waals surface area contributed by atoms with Crippen molar-refractivity contribution in [1.82, 2.24) is 10.2 Å². The van der Waals surface area contributed by atoms with Crippen LogP contribution < -0.4 is 10.1 Å². The summed E-state index contributed by atoms with van der Waals surface area (Å²) in [4.78, 5) is 14.3. The highest BCUT2D eigenvalue weighted by molar-refractivity contribution is 5.78. The maximum absolute atomic E-state index is 12.0. The molecule has 1 amide bonds. The fourth-order valence-electron chi connectivity index (χ4n) is 2.28. The van der Waals surface area contributed by atoms with Crippen molar-refractivity contribution in [2.75, 3.05) is 20.2 Å². The van der Waals surface area contributed by atoms with Crippen molar-refractivity contribution in [3.8, 4) is 5.75 Å². The van der Waals surface area contributed by atoms with E-state index in [0.29, 0.717) is 18.5 Å². The van der Waals surface area contributed by atoms with Gasteiger partial charge in [0.15, 0.2) is 0 Å². The van der Waals surface area contributed by atoms with Gasteiger partial charge in [-0.3, -0.25) is 9.69 Å². The van der Waals surface area contributed by atoms with Gasteiger partial charge in [-0.25, -0.2) is 0 Å². The van der Waals surface area contributed by atoms with Crippen LogP contribution in [0.15, 0.2) is 24.3 Å². The third-order valence-corrected chi connectivity index (χ3v) is 3.66. The lowest BCUT2D eigenvalue weighted by Crippen LogP contribution is -2.39. The lowest BCUT2D eigenvalue weighted by Gasteiger charge is -2.22. The number of carbonyl (C=O) groups excluding carboxylic acids is 1. The van der Waals surface area contributed by atoms with Crippen molar-refractivity contribution in [2.24, 2.45) is 5.92 Å². The van der Waals surface area contributed by atoms with Gasteiger partial charge in [-0.15, -0.1) is 0 Å². The minimum Gasteiger partial charge on any atom is -0.497 e. The highest BCUT2D eigenvalue weighted by Gasteiger charge is 2.30. The van der Waals surface area contributed by atoms with E-state index in [1.54, 1.807) is 7.11 Å². The van der Waals surface area contributed by atoms with E-state index in [4.69, 9.17) is 4.74 Å². The van der Waals surface area contributed by atoms with Gasteiger partial charge in [-0.1, -0.05) is 26.0 Å². The van der Waals surface area contributed by atoms with E-state index in [0.717, 1.165) is 18.8 Å². The molecule has 4 nitrogen and oxygen atoms in total. The number of hydrogen-bond acceptors (Lipinski definition) is 3. The van der Waals surface area contributed by atoms with E-state index >= 15 is 0 Å². The van der Waals surface area contributed by atoms with Crippen LogP contribution in [0.3, 0.4) is 0 Å². The van der Waals surface area contributed by atoms with Crippen LogP contribution in [0.1, 0.15) is 32.3 Å². The van der Waals surface area contributed by atoms with E-state index in [2.05, 4.69) is 36.2 Å². The third-order valence-electron chi connectivity index (χ3n) is 3.66. The van der Waals surface area contributed by atoms with Crippen molar-refractivity contribution in [3.05, 3.63) is 29.8 Å². The molecule has 1 N–H and O–H groups in total. The summed E-state index contributed by atoms with van der Waals surface area (Å²) in [6, 6.07) is 8.65. The average Bonchev–Trinajstić information content (AvgIpc) is 3.30. The number of methoxy groups -OCH3 is 1. The highest BCUT2D eigenvalue weighted by atomic mass is 16.5. The lowest BCUT2D eigenvalue weighted by molar-refractivity contribution is -0.122. The Morgan fingerprint density at radius 1 is 1.33 bits per heavy atom. The number of carbonyl (C=O) groups is 1. The fourth-order valence-corrected chi connectivity index (χ4v) is 2.28. The summed E-state index contributed by atoms with van der Waals surface area (Å²) >= 11 is 0. The van der Waals surface area contributed by atoms with Crippen molar-refractivity contribution >= 4 is 5.91 Å². The first-order chi connectivity index (χ1) is 10.1. The van der Waals surface area contributed by atoms with E-state index in [-0.39, 0.29) is 5.91 Å². The van der Waals surface area contributed by atoms with Crippen LogP contribution in [-0.2, 0) is 11.3 Å². The smallest absolute Gasteiger partial charge is 0.234 e. The molecule has 0 aromatic heterocycles. The Morgan fingerprint density at radius 3 is 2.52 bits per heavy atom. The molecular weight excluding hydrogens is 264 g/mol. The molecule has 0 saturated heterocycles. The van der Waals surface area contributed by atoms with Gasteiger partial charge in [-0.05, 0) is 36.5 Å². The molecule has 2 rings (SSSR count). The number of hydrogen-bond donors (Lipinski definition) is 1. The van der Waals surface area contributed by atoms with Gasteiger partial charge in [0, 0.05) is 19.1 Å². The van der Waals surface area contributed by atoms with Crippen LogP contribution in [-0.4, -0.2) is 37.0 Å². The van der Waals surface area contributed by atoms with Crippen LogP contribution in [0.4, 0.5) is 0 Å². The maximum Gasteiger partial charge on any atom is 0.234 e. The lowest BCUT2D eigenvalue weighted by atomic mass is 10.2. The molecule has 1 aliphatic carbocycles. The Hall–Kier alpha value is -1.55. The molecule has 0 bridgehead atoms. The Labute approximate surface area is 127 Å². The van der Waals surface area contributed by atoms with Gasteiger partial charge in [0.05, 0.1) is 13.7 Å². The van der Waals surface area contributed by atoms with Crippen LogP contribution in [0.5, 0.6) is 5.75 Å². The van der Waals surface area contributed by atoms with Gasteiger partial charge in [-0.2, -0.15) is 0 Å². The zero-order valence-electron chi connectivity index (χ0n) is 13.3. The number of rotatable bonds is 8. The summed E-state index contributed by atoms with van der Waals surface area (Å²) in [5, 5.41) is 3.00. The Kier molecular flexibility index (Phi) is 5.62. The molecule has 0 spiro atoms. The van der Waals surface area contributed by atoms with E-state index in [1.165, 1.54) is 18.4 Å². The Bertz CT molecular complexity index is 452. The van der Waals surface area contributed by atoms with E-state index in [9.17, 15) is 4.79 Å². The number of amides is 1. The molecule has 4 heteroatoms. The molecule has 1 fully saturated rings. The number of ether oxygens (including phenoxy) is 1. The molecule has 0 unspecified atom stereocenters. The zero-order chi connectivity index (χ0) is 15.2. The molecule has 0 heterocycles. The summed E-state index contributed by atoms with van der Waals surface area (Å²) < 4.78 is 5.18. The molecule has 21 heavy (non-hydrogen) atoms. The van der Waals surface area contributed by atoms with Crippen LogP contribution in [0.25, 0.3) is 0 Å². The second kappa shape index (κ2) is 7.46. The standard InChI is InChI=1S/C17H26N2O2/c1-13(2)10-18-17(20)12-19(15-6-7-15)11-14-4-8-16(21-3)9-5-14/h4-5,8-9,13,15H,6-7,10-12H2,1-3H3,(H,18,20). The third kappa shape index (κ3) is 5.38. The average molecular weight is 290 g/mol. The van der Waals surface area contributed by atoms with E-state index < -0.39 is 0 Å². The monoisotopic (exact) mass is 290 g/mol. The molecular formula is C17H26N2O2. The maximum atomic E-state index is 12.0. The molecule has 1 aromatic carbocycles. The Balaban J connectivity index is 1.88. The number of nitrogens with zero attached hydrogens (tertiary/aromatic N) is 1. The van der Waals surface area contributed by atoms with Gasteiger partial charge in [0.2, 0.25) is 5.91 Å². The van der Waals surface area contributed by atoms with Crippen molar-refractivity contribution < 1.29 is 9.53 Å². The minimum absolute atomic E-state index is 0.129. The number of nitrogens with one attached hydrogen (secondary N) is 1. The summed E-state index contributed by atoms with van der Waals surface area (Å²) in [6.45, 7) is 6.28. The predicted molar refractivity (Wildman–Crippen MR) is 84.3 cm³/mol. The largest absolute Gasteiger partial charge is 0.497 e. The molecule has 0 radical (unpaired) electrons. The first-order valence-corrected chi connectivity index (χ1v) is 7.72. The van der Waals surface area contributed by atoms with Crippen LogP contribution in [0.2, 0.25) is 0 Å². The minimum atomic E-state index is 0.129. The van der Waals surface area contributed by atoms with Gasteiger partial charge >= 0.3 is 0 Å². The molecule has 1 aliphatic rings. The highest BCUT2D eigenvalue weighted by Crippen LogP contribution is 2.28.